The first-order chi connectivity index (χ1) is 7.91. The van der Waals surface area contributed by atoms with Crippen LogP contribution in [0.1, 0.15) is 29.9 Å². The zero-order valence-corrected chi connectivity index (χ0v) is 12.0. The Hall–Kier alpha value is -0.580. The van der Waals surface area contributed by atoms with Gasteiger partial charge in [0.15, 0.2) is 0 Å². The average Bonchev–Trinajstić information content (AvgIpc) is 2.70. The summed E-state index contributed by atoms with van der Waals surface area (Å²) < 4.78 is 0.639. The molecule has 0 radical (unpaired) electrons. The largest absolute Gasteiger partial charge is 0.341 e. The minimum atomic E-state index is 0.0119. The normalized spacial score (nSPS) is 12.8. The van der Waals surface area contributed by atoms with Crippen molar-refractivity contribution in [2.45, 2.75) is 26.3 Å². The van der Waals surface area contributed by atoms with Crippen LogP contribution >= 0.6 is 22.9 Å². The lowest BCUT2D eigenvalue weighted by molar-refractivity contribution is 0.0794. The molecule has 1 unspecified atom stereocenters. The molecule has 0 aliphatic rings. The van der Waals surface area contributed by atoms with Crippen molar-refractivity contribution in [3.8, 4) is 0 Å². The highest BCUT2D eigenvalue weighted by molar-refractivity contribution is 7.17. The Morgan fingerprint density at radius 1 is 1.53 bits per heavy atom. The second kappa shape index (κ2) is 6.38. The molecule has 1 heterocycles. The number of nitrogens with two attached hydrogens (primary N) is 1. The number of halogens is 1. The molecule has 17 heavy (non-hydrogen) atoms. The Labute approximate surface area is 112 Å². The number of nitrogens with zero attached hydrogens (tertiary/aromatic N) is 1. The van der Waals surface area contributed by atoms with Gasteiger partial charge in [-0.25, -0.2) is 0 Å². The van der Waals surface area contributed by atoms with Crippen LogP contribution in [0.15, 0.2) is 12.1 Å². The number of hydrogen-bond acceptors (Lipinski definition) is 3. The van der Waals surface area contributed by atoms with Gasteiger partial charge in [0.1, 0.15) is 0 Å². The van der Waals surface area contributed by atoms with Gasteiger partial charge in [0.05, 0.1) is 9.21 Å². The standard InChI is InChI=1S/C12H19ClN2OS/c1-8(2)9(14)6-7-15(3)12(16)10-4-5-11(13)17-10/h4-5,8-9H,6-7,14H2,1-3H3. The van der Waals surface area contributed by atoms with Crippen molar-refractivity contribution in [2.24, 2.45) is 11.7 Å². The molecule has 1 aromatic rings. The third-order valence-corrected chi connectivity index (χ3v) is 4.00. The summed E-state index contributed by atoms with van der Waals surface area (Å²) >= 11 is 7.11. The molecule has 0 saturated heterocycles. The summed E-state index contributed by atoms with van der Waals surface area (Å²) in [6.45, 7) is 4.85. The second-order valence-corrected chi connectivity index (χ2v) is 6.24. The van der Waals surface area contributed by atoms with Crippen molar-refractivity contribution < 1.29 is 4.79 Å². The molecule has 5 heteroatoms. The van der Waals surface area contributed by atoms with E-state index < -0.39 is 0 Å². The van der Waals surface area contributed by atoms with Crippen LogP contribution in [-0.2, 0) is 0 Å². The van der Waals surface area contributed by atoms with Gasteiger partial charge >= 0.3 is 0 Å². The van der Waals surface area contributed by atoms with E-state index in [1.165, 1.54) is 11.3 Å². The van der Waals surface area contributed by atoms with E-state index >= 15 is 0 Å². The molecule has 3 nitrogen and oxygen atoms in total. The minimum absolute atomic E-state index is 0.0119. The first-order valence-electron chi connectivity index (χ1n) is 5.68. The Kier molecular flexibility index (Phi) is 5.43. The Morgan fingerprint density at radius 2 is 2.18 bits per heavy atom. The van der Waals surface area contributed by atoms with Crippen LogP contribution < -0.4 is 5.73 Å². The van der Waals surface area contributed by atoms with Gasteiger partial charge in [-0.1, -0.05) is 25.4 Å². The predicted octanol–water partition coefficient (Wildman–Crippen LogP) is 2.85. The van der Waals surface area contributed by atoms with E-state index in [-0.39, 0.29) is 11.9 Å². The third-order valence-electron chi connectivity index (χ3n) is 2.78. The Balaban J connectivity index is 2.48. The summed E-state index contributed by atoms with van der Waals surface area (Å²) in [5.74, 6) is 0.451. The van der Waals surface area contributed by atoms with Gasteiger partial charge in [0.25, 0.3) is 5.91 Å². The molecule has 96 valence electrons. The second-order valence-electron chi connectivity index (χ2n) is 4.53. The van der Waals surface area contributed by atoms with Crippen LogP contribution in [0, 0.1) is 5.92 Å². The Bertz CT molecular complexity index is 378. The molecule has 1 aromatic heterocycles. The molecule has 0 saturated carbocycles. The monoisotopic (exact) mass is 274 g/mol. The van der Waals surface area contributed by atoms with Crippen molar-refractivity contribution in [1.29, 1.82) is 0 Å². The lowest BCUT2D eigenvalue weighted by Crippen LogP contribution is -2.34. The number of thiophene rings is 1. The van der Waals surface area contributed by atoms with Crippen molar-refractivity contribution in [3.05, 3.63) is 21.3 Å². The van der Waals surface area contributed by atoms with Crippen LogP contribution in [-0.4, -0.2) is 30.4 Å². The topological polar surface area (TPSA) is 46.3 Å². The van der Waals surface area contributed by atoms with Crippen LogP contribution in [0.3, 0.4) is 0 Å². The van der Waals surface area contributed by atoms with Crippen molar-refractivity contribution in [2.75, 3.05) is 13.6 Å². The fraction of sp³-hybridized carbons (Fsp3) is 0.583. The summed E-state index contributed by atoms with van der Waals surface area (Å²) in [5, 5.41) is 0. The van der Waals surface area contributed by atoms with Crippen LogP contribution in [0.2, 0.25) is 4.34 Å². The summed E-state index contributed by atoms with van der Waals surface area (Å²) in [5.41, 5.74) is 5.95. The minimum Gasteiger partial charge on any atom is -0.341 e. The maximum Gasteiger partial charge on any atom is 0.263 e. The summed E-state index contributed by atoms with van der Waals surface area (Å²) in [7, 11) is 1.79. The molecule has 0 aliphatic carbocycles. The fourth-order valence-electron chi connectivity index (χ4n) is 1.39. The number of carbonyl (C=O) groups excluding carboxylic acids is 1. The van der Waals surface area contributed by atoms with Gasteiger partial charge in [0.2, 0.25) is 0 Å². The summed E-state index contributed by atoms with van der Waals surface area (Å²) in [4.78, 5) is 14.4. The fourth-order valence-corrected chi connectivity index (χ4v) is 2.43. The molecule has 1 rings (SSSR count). The number of hydrogen-bond donors (Lipinski definition) is 1. The van der Waals surface area contributed by atoms with Gasteiger partial charge in [-0.2, -0.15) is 0 Å². The zero-order valence-electron chi connectivity index (χ0n) is 10.4. The highest BCUT2D eigenvalue weighted by Gasteiger charge is 2.15. The van der Waals surface area contributed by atoms with Gasteiger partial charge in [-0.3, -0.25) is 4.79 Å². The highest BCUT2D eigenvalue weighted by atomic mass is 35.5. The molecule has 0 fully saturated rings. The lowest BCUT2D eigenvalue weighted by atomic mass is 10.0. The maximum absolute atomic E-state index is 12.0. The van der Waals surface area contributed by atoms with Crippen molar-refractivity contribution in [3.63, 3.8) is 0 Å². The predicted molar refractivity (Wildman–Crippen MR) is 73.7 cm³/mol. The van der Waals surface area contributed by atoms with E-state index in [2.05, 4.69) is 13.8 Å². The lowest BCUT2D eigenvalue weighted by Gasteiger charge is -2.21. The first-order valence-corrected chi connectivity index (χ1v) is 6.87. The molecule has 0 aliphatic heterocycles. The van der Waals surface area contributed by atoms with Crippen LogP contribution in [0.25, 0.3) is 0 Å². The van der Waals surface area contributed by atoms with Gasteiger partial charge in [0, 0.05) is 19.6 Å². The van der Waals surface area contributed by atoms with E-state index in [1.54, 1.807) is 24.1 Å². The number of carbonyl (C=O) groups is 1. The van der Waals surface area contributed by atoms with E-state index in [9.17, 15) is 4.79 Å². The van der Waals surface area contributed by atoms with Gasteiger partial charge < -0.3 is 10.6 Å². The van der Waals surface area contributed by atoms with Gasteiger partial charge in [-0.15, -0.1) is 11.3 Å². The van der Waals surface area contributed by atoms with E-state index in [0.29, 0.717) is 21.7 Å². The average molecular weight is 275 g/mol. The van der Waals surface area contributed by atoms with Crippen LogP contribution in [0.5, 0.6) is 0 Å². The molecule has 1 atom stereocenters. The molecular formula is C12H19ClN2OS. The first kappa shape index (κ1) is 14.5. The molecule has 0 spiro atoms. The molecule has 0 bridgehead atoms. The van der Waals surface area contributed by atoms with Crippen LogP contribution in [0.4, 0.5) is 0 Å². The highest BCUT2D eigenvalue weighted by Crippen LogP contribution is 2.22. The summed E-state index contributed by atoms with van der Waals surface area (Å²) in [6, 6.07) is 3.64. The Morgan fingerprint density at radius 3 is 2.65 bits per heavy atom. The van der Waals surface area contributed by atoms with E-state index in [4.69, 9.17) is 17.3 Å². The molecule has 0 aromatic carbocycles. The van der Waals surface area contributed by atoms with E-state index in [0.717, 1.165) is 6.42 Å². The number of amides is 1. The van der Waals surface area contributed by atoms with Crippen molar-refractivity contribution in [1.82, 2.24) is 4.90 Å². The summed E-state index contributed by atoms with van der Waals surface area (Å²) in [6.07, 6.45) is 0.818. The van der Waals surface area contributed by atoms with E-state index in [1.807, 2.05) is 0 Å². The third kappa shape index (κ3) is 4.30. The maximum atomic E-state index is 12.0. The van der Waals surface area contributed by atoms with Crippen molar-refractivity contribution >= 4 is 28.8 Å². The molecular weight excluding hydrogens is 256 g/mol. The quantitative estimate of drug-likeness (QED) is 0.897. The SMILES string of the molecule is CC(C)C(N)CCN(C)C(=O)c1ccc(Cl)s1. The number of rotatable bonds is 5. The molecule has 1 amide bonds. The smallest absolute Gasteiger partial charge is 0.263 e. The van der Waals surface area contributed by atoms with Gasteiger partial charge in [-0.05, 0) is 24.5 Å². The zero-order chi connectivity index (χ0) is 13.0. The molecule has 2 N–H and O–H groups in total.